The van der Waals surface area contributed by atoms with Gasteiger partial charge in [0.1, 0.15) is 0 Å². The summed E-state index contributed by atoms with van der Waals surface area (Å²) in [7, 11) is 0. The standard InChI is InChI=1S/C16H15ClFNO2/c1-11-12(17)5-4-7-14(11)19-16(20)9-10-21-15-8-3-2-6-13(15)18/h2-8H,9-10H2,1H3,(H,19,20). The van der Waals surface area contributed by atoms with Gasteiger partial charge in [-0.25, -0.2) is 4.39 Å². The molecule has 0 saturated heterocycles. The predicted octanol–water partition coefficient (Wildman–Crippen LogP) is 4.20. The highest BCUT2D eigenvalue weighted by Crippen LogP contribution is 2.23. The summed E-state index contributed by atoms with van der Waals surface area (Å²) >= 11 is 5.98. The minimum Gasteiger partial charge on any atom is -0.490 e. The Balaban J connectivity index is 1.85. The molecular formula is C16H15ClFNO2. The fourth-order valence-corrected chi connectivity index (χ4v) is 1.95. The summed E-state index contributed by atoms with van der Waals surface area (Å²) in [5.41, 5.74) is 1.47. The Morgan fingerprint density at radius 2 is 2.00 bits per heavy atom. The van der Waals surface area contributed by atoms with E-state index in [1.807, 2.05) is 6.92 Å². The average molecular weight is 308 g/mol. The number of carbonyl (C=O) groups is 1. The maximum atomic E-state index is 13.3. The van der Waals surface area contributed by atoms with Crippen molar-refractivity contribution in [1.29, 1.82) is 0 Å². The third kappa shape index (κ3) is 4.20. The molecule has 3 nitrogen and oxygen atoms in total. The average Bonchev–Trinajstić information content (AvgIpc) is 2.46. The molecule has 0 aliphatic heterocycles. The number of rotatable bonds is 5. The molecule has 0 fully saturated rings. The Labute approximate surface area is 127 Å². The van der Waals surface area contributed by atoms with Crippen molar-refractivity contribution in [1.82, 2.24) is 0 Å². The van der Waals surface area contributed by atoms with Crippen LogP contribution in [0.5, 0.6) is 5.75 Å². The highest BCUT2D eigenvalue weighted by molar-refractivity contribution is 6.31. The van der Waals surface area contributed by atoms with Crippen LogP contribution in [-0.4, -0.2) is 12.5 Å². The molecule has 0 aliphatic carbocycles. The van der Waals surface area contributed by atoms with E-state index in [0.717, 1.165) is 5.56 Å². The highest BCUT2D eigenvalue weighted by Gasteiger charge is 2.08. The first-order valence-electron chi connectivity index (χ1n) is 6.50. The van der Waals surface area contributed by atoms with Gasteiger partial charge in [0.2, 0.25) is 5.91 Å². The number of anilines is 1. The number of ether oxygens (including phenoxy) is 1. The zero-order valence-electron chi connectivity index (χ0n) is 11.5. The van der Waals surface area contributed by atoms with E-state index in [9.17, 15) is 9.18 Å². The van der Waals surface area contributed by atoms with Crippen LogP contribution in [0, 0.1) is 12.7 Å². The third-order valence-corrected chi connectivity index (χ3v) is 3.37. The second-order valence-electron chi connectivity index (χ2n) is 4.49. The normalized spacial score (nSPS) is 10.2. The SMILES string of the molecule is Cc1c(Cl)cccc1NC(=O)CCOc1ccccc1F. The van der Waals surface area contributed by atoms with Crippen molar-refractivity contribution in [2.45, 2.75) is 13.3 Å². The van der Waals surface area contributed by atoms with Crippen LogP contribution in [0.2, 0.25) is 5.02 Å². The second kappa shape index (κ2) is 7.09. The van der Waals surface area contributed by atoms with Crippen LogP contribution in [0.1, 0.15) is 12.0 Å². The molecule has 1 N–H and O–H groups in total. The van der Waals surface area contributed by atoms with Gasteiger partial charge in [-0.3, -0.25) is 4.79 Å². The molecule has 0 spiro atoms. The molecule has 2 aromatic carbocycles. The van der Waals surface area contributed by atoms with Crippen LogP contribution in [0.15, 0.2) is 42.5 Å². The smallest absolute Gasteiger partial charge is 0.227 e. The Bertz CT molecular complexity index is 646. The van der Waals surface area contributed by atoms with Gasteiger partial charge in [0.15, 0.2) is 11.6 Å². The summed E-state index contributed by atoms with van der Waals surface area (Å²) in [6.07, 6.45) is 0.125. The Hall–Kier alpha value is -2.07. The van der Waals surface area contributed by atoms with Crippen molar-refractivity contribution < 1.29 is 13.9 Å². The molecule has 0 heterocycles. The summed E-state index contributed by atoms with van der Waals surface area (Å²) in [6.45, 7) is 1.93. The molecular weight excluding hydrogens is 293 g/mol. The topological polar surface area (TPSA) is 38.3 Å². The largest absolute Gasteiger partial charge is 0.490 e. The molecule has 1 amide bonds. The minimum absolute atomic E-state index is 0.104. The van der Waals surface area contributed by atoms with E-state index in [2.05, 4.69) is 5.32 Å². The van der Waals surface area contributed by atoms with E-state index < -0.39 is 5.82 Å². The van der Waals surface area contributed by atoms with Gasteiger partial charge in [-0.2, -0.15) is 0 Å². The van der Waals surface area contributed by atoms with Crippen LogP contribution in [0.3, 0.4) is 0 Å². The fraction of sp³-hybridized carbons (Fsp3) is 0.188. The first-order chi connectivity index (χ1) is 10.1. The summed E-state index contributed by atoms with van der Waals surface area (Å²) in [4.78, 5) is 11.8. The van der Waals surface area contributed by atoms with E-state index in [-0.39, 0.29) is 24.7 Å². The maximum absolute atomic E-state index is 13.3. The summed E-state index contributed by atoms with van der Waals surface area (Å²) in [5.74, 6) is -0.510. The van der Waals surface area contributed by atoms with E-state index in [0.29, 0.717) is 10.7 Å². The van der Waals surface area contributed by atoms with Crippen LogP contribution in [0.4, 0.5) is 10.1 Å². The zero-order valence-corrected chi connectivity index (χ0v) is 12.3. The first kappa shape index (κ1) is 15.3. The van der Waals surface area contributed by atoms with E-state index in [4.69, 9.17) is 16.3 Å². The molecule has 0 aliphatic rings. The van der Waals surface area contributed by atoms with Crippen molar-refractivity contribution in [2.24, 2.45) is 0 Å². The minimum atomic E-state index is -0.441. The third-order valence-electron chi connectivity index (χ3n) is 2.97. The highest BCUT2D eigenvalue weighted by atomic mass is 35.5. The van der Waals surface area contributed by atoms with Crippen LogP contribution >= 0.6 is 11.6 Å². The quantitative estimate of drug-likeness (QED) is 0.899. The van der Waals surface area contributed by atoms with Crippen LogP contribution in [0.25, 0.3) is 0 Å². The van der Waals surface area contributed by atoms with E-state index in [1.165, 1.54) is 12.1 Å². The van der Waals surface area contributed by atoms with Crippen LogP contribution < -0.4 is 10.1 Å². The molecule has 0 radical (unpaired) electrons. The van der Waals surface area contributed by atoms with Gasteiger partial charge in [-0.05, 0) is 36.8 Å². The fourth-order valence-electron chi connectivity index (χ4n) is 1.77. The van der Waals surface area contributed by atoms with Gasteiger partial charge in [-0.1, -0.05) is 29.8 Å². The van der Waals surface area contributed by atoms with Crippen molar-refractivity contribution in [2.75, 3.05) is 11.9 Å². The summed E-state index contributed by atoms with van der Waals surface area (Å²) < 4.78 is 18.6. The molecule has 21 heavy (non-hydrogen) atoms. The number of benzene rings is 2. The number of carbonyl (C=O) groups excluding carboxylic acids is 1. The van der Waals surface area contributed by atoms with E-state index >= 15 is 0 Å². The van der Waals surface area contributed by atoms with Gasteiger partial charge in [0.05, 0.1) is 13.0 Å². The lowest BCUT2D eigenvalue weighted by atomic mass is 10.2. The van der Waals surface area contributed by atoms with Gasteiger partial charge < -0.3 is 10.1 Å². The molecule has 2 aromatic rings. The number of nitrogens with one attached hydrogen (secondary N) is 1. The lowest BCUT2D eigenvalue weighted by Crippen LogP contribution is -2.16. The second-order valence-corrected chi connectivity index (χ2v) is 4.90. The Kier molecular flexibility index (Phi) is 5.17. The number of hydrogen-bond acceptors (Lipinski definition) is 2. The molecule has 0 bridgehead atoms. The van der Waals surface area contributed by atoms with Crippen LogP contribution in [-0.2, 0) is 4.79 Å². The maximum Gasteiger partial charge on any atom is 0.227 e. The van der Waals surface area contributed by atoms with Crippen molar-refractivity contribution in [3.05, 3.63) is 58.9 Å². The Morgan fingerprint density at radius 1 is 1.24 bits per heavy atom. The van der Waals surface area contributed by atoms with Gasteiger partial charge in [0.25, 0.3) is 0 Å². The molecule has 0 saturated carbocycles. The predicted molar refractivity (Wildman–Crippen MR) is 81.3 cm³/mol. The molecule has 0 atom stereocenters. The van der Waals surface area contributed by atoms with Gasteiger partial charge in [-0.15, -0.1) is 0 Å². The van der Waals surface area contributed by atoms with Gasteiger partial charge >= 0.3 is 0 Å². The van der Waals surface area contributed by atoms with Crippen molar-refractivity contribution in [3.63, 3.8) is 0 Å². The number of para-hydroxylation sites is 1. The number of hydrogen-bond donors (Lipinski definition) is 1. The molecule has 2 rings (SSSR count). The van der Waals surface area contributed by atoms with Crippen molar-refractivity contribution in [3.8, 4) is 5.75 Å². The molecule has 5 heteroatoms. The molecule has 110 valence electrons. The zero-order chi connectivity index (χ0) is 15.2. The molecule has 0 unspecified atom stereocenters. The van der Waals surface area contributed by atoms with E-state index in [1.54, 1.807) is 30.3 Å². The lowest BCUT2D eigenvalue weighted by molar-refractivity contribution is -0.116. The Morgan fingerprint density at radius 3 is 2.76 bits per heavy atom. The lowest BCUT2D eigenvalue weighted by Gasteiger charge is -2.10. The molecule has 0 aromatic heterocycles. The number of halogens is 2. The summed E-state index contributed by atoms with van der Waals surface area (Å²) in [6, 6.07) is 11.4. The van der Waals surface area contributed by atoms with Gasteiger partial charge in [0, 0.05) is 10.7 Å². The number of amides is 1. The van der Waals surface area contributed by atoms with Crippen molar-refractivity contribution >= 4 is 23.2 Å². The summed E-state index contributed by atoms with van der Waals surface area (Å²) in [5, 5.41) is 3.35. The monoisotopic (exact) mass is 307 g/mol. The first-order valence-corrected chi connectivity index (χ1v) is 6.88.